The zero-order valence-corrected chi connectivity index (χ0v) is 31.5. The van der Waals surface area contributed by atoms with Crippen molar-refractivity contribution in [2.45, 2.75) is 134 Å². The van der Waals surface area contributed by atoms with E-state index in [1.54, 1.807) is 36.1 Å². The average molecular weight is 732 g/mol. The number of carboxylic acid groups (broad SMARTS) is 1. The van der Waals surface area contributed by atoms with Gasteiger partial charge in [-0.05, 0) is 64.0 Å². The number of esters is 1. The van der Waals surface area contributed by atoms with Gasteiger partial charge in [-0.15, -0.1) is 0 Å². The van der Waals surface area contributed by atoms with Crippen LogP contribution in [0.25, 0.3) is 0 Å². The second kappa shape index (κ2) is 19.6. The van der Waals surface area contributed by atoms with Crippen LogP contribution in [0.4, 0.5) is 9.59 Å². The Labute approximate surface area is 308 Å². The summed E-state index contributed by atoms with van der Waals surface area (Å²) in [5.74, 6) is -2.17. The van der Waals surface area contributed by atoms with Gasteiger partial charge >= 0.3 is 24.1 Å². The van der Waals surface area contributed by atoms with Crippen molar-refractivity contribution in [3.8, 4) is 0 Å². The Kier molecular flexibility index (Phi) is 15.6. The van der Waals surface area contributed by atoms with Crippen molar-refractivity contribution in [3.05, 3.63) is 36.0 Å². The SMILES string of the molecule is C/C(=C\C=C\[C@@H](C)COC(=O)N1CCC[C@H]1C(=O)O)[C@H]1OC(=O)C[C@H](O)CC[C@@](C)(O)[C@@H](OC(=O)N2CCN(C3CCCCCC3)CC2)/C=C\[C@@H]1C. The molecular weight excluding hydrogens is 670 g/mol. The number of carboxylic acids is 1. The number of hydrogen-bond donors (Lipinski definition) is 3. The number of carbonyl (C=O) groups excluding carboxylic acids is 3. The number of piperazine rings is 1. The van der Waals surface area contributed by atoms with Crippen LogP contribution in [0.1, 0.15) is 98.3 Å². The van der Waals surface area contributed by atoms with Crippen molar-refractivity contribution in [2.75, 3.05) is 39.3 Å². The van der Waals surface area contributed by atoms with Gasteiger partial charge in [0, 0.05) is 50.6 Å². The molecule has 4 aliphatic rings. The maximum atomic E-state index is 13.4. The molecule has 3 heterocycles. The first kappa shape index (κ1) is 41.3. The third-order valence-electron chi connectivity index (χ3n) is 11.0. The summed E-state index contributed by atoms with van der Waals surface area (Å²) in [6.07, 6.45) is 13.5. The highest BCUT2D eigenvalue weighted by molar-refractivity contribution is 5.80. The van der Waals surface area contributed by atoms with E-state index in [-0.39, 0.29) is 37.7 Å². The van der Waals surface area contributed by atoms with E-state index in [0.29, 0.717) is 44.1 Å². The minimum Gasteiger partial charge on any atom is -0.480 e. The molecular formula is C39H61N3O10. The molecule has 0 bridgehead atoms. The van der Waals surface area contributed by atoms with Gasteiger partial charge < -0.3 is 34.4 Å². The highest BCUT2D eigenvalue weighted by Gasteiger charge is 2.38. The Hall–Kier alpha value is -3.42. The van der Waals surface area contributed by atoms with Gasteiger partial charge in [0.05, 0.1) is 19.1 Å². The molecule has 52 heavy (non-hydrogen) atoms. The van der Waals surface area contributed by atoms with Crippen LogP contribution in [-0.2, 0) is 23.8 Å². The van der Waals surface area contributed by atoms with Crippen molar-refractivity contribution in [2.24, 2.45) is 11.8 Å². The van der Waals surface area contributed by atoms with Gasteiger partial charge in [-0.2, -0.15) is 0 Å². The fraction of sp³-hybridized carbons (Fsp3) is 0.744. The number of amides is 2. The van der Waals surface area contributed by atoms with E-state index in [1.807, 2.05) is 26.8 Å². The number of aliphatic hydroxyl groups excluding tert-OH is 1. The summed E-state index contributed by atoms with van der Waals surface area (Å²) in [6.45, 7) is 10.3. The summed E-state index contributed by atoms with van der Waals surface area (Å²) in [5.41, 5.74) is -0.782. The molecule has 2 saturated heterocycles. The molecule has 0 aromatic heterocycles. The van der Waals surface area contributed by atoms with Gasteiger partial charge in [-0.3, -0.25) is 14.6 Å². The number of allylic oxidation sites excluding steroid dienone is 2. The second-order valence-electron chi connectivity index (χ2n) is 15.4. The number of aliphatic carboxylic acids is 1. The summed E-state index contributed by atoms with van der Waals surface area (Å²) in [5, 5.41) is 31.5. The van der Waals surface area contributed by atoms with E-state index >= 15 is 0 Å². The fourth-order valence-electron chi connectivity index (χ4n) is 7.60. The molecule has 3 fully saturated rings. The first-order valence-electron chi connectivity index (χ1n) is 19.2. The predicted octanol–water partition coefficient (Wildman–Crippen LogP) is 5.06. The van der Waals surface area contributed by atoms with Gasteiger partial charge in [0.2, 0.25) is 0 Å². The predicted molar refractivity (Wildman–Crippen MR) is 194 cm³/mol. The molecule has 13 nitrogen and oxygen atoms in total. The quantitative estimate of drug-likeness (QED) is 0.101. The number of nitrogens with zero attached hydrogens (tertiary/aromatic N) is 3. The number of likely N-dealkylation sites (tertiary alicyclic amines) is 1. The van der Waals surface area contributed by atoms with E-state index in [1.165, 1.54) is 43.4 Å². The van der Waals surface area contributed by atoms with E-state index in [0.717, 1.165) is 13.1 Å². The zero-order valence-electron chi connectivity index (χ0n) is 31.5. The van der Waals surface area contributed by atoms with E-state index < -0.39 is 54.1 Å². The lowest BCUT2D eigenvalue weighted by atomic mass is 9.89. The third-order valence-corrected chi connectivity index (χ3v) is 11.0. The maximum absolute atomic E-state index is 13.4. The summed E-state index contributed by atoms with van der Waals surface area (Å²) >= 11 is 0. The van der Waals surface area contributed by atoms with Gasteiger partial charge in [0.15, 0.2) is 6.10 Å². The molecule has 0 aromatic rings. The first-order chi connectivity index (χ1) is 24.7. The summed E-state index contributed by atoms with van der Waals surface area (Å²) in [4.78, 5) is 55.7. The van der Waals surface area contributed by atoms with Crippen LogP contribution in [-0.4, -0.2) is 129 Å². The summed E-state index contributed by atoms with van der Waals surface area (Å²) in [7, 11) is 0. The van der Waals surface area contributed by atoms with Crippen molar-refractivity contribution in [1.82, 2.24) is 14.7 Å². The van der Waals surface area contributed by atoms with Crippen molar-refractivity contribution in [1.29, 1.82) is 0 Å². The third kappa shape index (κ3) is 12.1. The molecule has 7 atom stereocenters. The lowest BCUT2D eigenvalue weighted by Gasteiger charge is -2.40. The molecule has 3 N–H and O–H groups in total. The average Bonchev–Trinajstić information content (AvgIpc) is 3.46. The van der Waals surface area contributed by atoms with Crippen LogP contribution >= 0.6 is 0 Å². The molecule has 0 spiro atoms. The molecule has 1 aliphatic carbocycles. The summed E-state index contributed by atoms with van der Waals surface area (Å²) in [6, 6.07) is -0.290. The van der Waals surface area contributed by atoms with Crippen LogP contribution in [0.15, 0.2) is 36.0 Å². The molecule has 0 unspecified atom stereocenters. The van der Waals surface area contributed by atoms with Gasteiger partial charge in [-0.25, -0.2) is 14.4 Å². The normalized spacial score (nSPS) is 31.9. The molecule has 0 aromatic carbocycles. The van der Waals surface area contributed by atoms with Crippen molar-refractivity contribution < 1.29 is 48.7 Å². The molecule has 2 amide bonds. The van der Waals surface area contributed by atoms with Gasteiger partial charge in [0.25, 0.3) is 0 Å². The van der Waals surface area contributed by atoms with Crippen LogP contribution in [0, 0.1) is 11.8 Å². The molecule has 0 radical (unpaired) electrons. The summed E-state index contributed by atoms with van der Waals surface area (Å²) < 4.78 is 17.2. The lowest BCUT2D eigenvalue weighted by Crippen LogP contribution is -2.53. The minimum atomic E-state index is -1.50. The minimum absolute atomic E-state index is 0.0662. The number of ether oxygens (including phenoxy) is 3. The van der Waals surface area contributed by atoms with Crippen LogP contribution in [0.5, 0.6) is 0 Å². The van der Waals surface area contributed by atoms with Crippen molar-refractivity contribution >= 4 is 24.1 Å². The number of rotatable bonds is 8. The second-order valence-corrected chi connectivity index (χ2v) is 15.4. The highest BCUT2D eigenvalue weighted by Crippen LogP contribution is 2.28. The Morgan fingerprint density at radius 2 is 1.69 bits per heavy atom. The maximum Gasteiger partial charge on any atom is 0.410 e. The number of aliphatic hydroxyl groups is 2. The first-order valence-corrected chi connectivity index (χ1v) is 19.2. The molecule has 4 rings (SSSR count). The van der Waals surface area contributed by atoms with E-state index in [2.05, 4.69) is 4.90 Å². The monoisotopic (exact) mass is 731 g/mol. The van der Waals surface area contributed by atoms with Gasteiger partial charge in [-0.1, -0.05) is 63.8 Å². The largest absolute Gasteiger partial charge is 0.480 e. The van der Waals surface area contributed by atoms with Crippen LogP contribution in [0.3, 0.4) is 0 Å². The Bertz CT molecular complexity index is 1300. The van der Waals surface area contributed by atoms with Gasteiger partial charge in [0.1, 0.15) is 17.7 Å². The standard InChI is InChI=1S/C39H61N3O10/c1-27(26-50-38(48)42-20-10-15-32(42)36(45)46)11-9-12-28(2)35-29(3)16-17-33(39(4,49)19-18-31(43)25-34(44)52-35)51-37(47)41-23-21-40(22-24-41)30-13-7-5-6-8-14-30/h9,11-12,16-17,27,29-33,35,43,49H,5-8,10,13-15,18-26H2,1-4H3,(H,45,46)/b11-9+,17-16-,28-12+/t27-,29+,31-,32+,33+,35-,39-/m1/s1. The van der Waals surface area contributed by atoms with Crippen molar-refractivity contribution in [3.63, 3.8) is 0 Å². The number of cyclic esters (lactones) is 1. The molecule has 3 aliphatic heterocycles. The van der Waals surface area contributed by atoms with E-state index in [9.17, 15) is 34.5 Å². The molecule has 292 valence electrons. The molecule has 13 heteroatoms. The Morgan fingerprint density at radius 1 is 1.00 bits per heavy atom. The lowest BCUT2D eigenvalue weighted by molar-refractivity contribution is -0.151. The Morgan fingerprint density at radius 3 is 2.37 bits per heavy atom. The smallest absolute Gasteiger partial charge is 0.410 e. The fourth-order valence-corrected chi connectivity index (χ4v) is 7.60. The zero-order chi connectivity index (χ0) is 37.8. The Balaban J connectivity index is 1.39. The number of hydrogen-bond acceptors (Lipinski definition) is 10. The van der Waals surface area contributed by atoms with E-state index in [4.69, 9.17) is 14.2 Å². The topological polar surface area (TPSA) is 166 Å². The van der Waals surface area contributed by atoms with Crippen LogP contribution in [0.2, 0.25) is 0 Å². The van der Waals surface area contributed by atoms with Crippen LogP contribution < -0.4 is 0 Å². The molecule has 1 saturated carbocycles. The highest BCUT2D eigenvalue weighted by atomic mass is 16.6. The number of carbonyl (C=O) groups is 4.